The Morgan fingerprint density at radius 2 is 1.96 bits per heavy atom. The zero-order valence-corrected chi connectivity index (χ0v) is 14.9. The molecule has 0 aliphatic carbocycles. The number of nitrogens with zero attached hydrogens (tertiary/aromatic N) is 2. The molecule has 7 heteroatoms. The lowest BCUT2D eigenvalue weighted by molar-refractivity contribution is -0.137. The number of nitrogens with one attached hydrogen (secondary N) is 1. The summed E-state index contributed by atoms with van der Waals surface area (Å²) in [7, 11) is 1.97. The smallest absolute Gasteiger partial charge is 0.416 e. The molecule has 0 aliphatic rings. The van der Waals surface area contributed by atoms with Crippen LogP contribution in [0.25, 0.3) is 11.3 Å². The van der Waals surface area contributed by atoms with Crippen LogP contribution in [0.15, 0.2) is 24.4 Å². The van der Waals surface area contributed by atoms with E-state index in [9.17, 15) is 13.2 Å². The van der Waals surface area contributed by atoms with E-state index in [0.29, 0.717) is 17.8 Å². The van der Waals surface area contributed by atoms with Gasteiger partial charge in [-0.1, -0.05) is 6.92 Å². The van der Waals surface area contributed by atoms with Gasteiger partial charge in [0.15, 0.2) is 0 Å². The van der Waals surface area contributed by atoms with Gasteiger partial charge < -0.3 is 9.64 Å². The maximum atomic E-state index is 13.2. The molecule has 0 saturated heterocycles. The molecule has 0 aliphatic heterocycles. The molecular weight excluding hydrogens is 331 g/mol. The molecule has 0 atom stereocenters. The monoisotopic (exact) mass is 355 g/mol. The Balaban J connectivity index is 2.43. The van der Waals surface area contributed by atoms with Crippen molar-refractivity contribution in [1.29, 1.82) is 0 Å². The number of alkyl halides is 3. The number of hydrogen-bond acceptors (Lipinski definition) is 3. The van der Waals surface area contributed by atoms with Gasteiger partial charge in [-0.2, -0.15) is 18.3 Å². The number of hydrogen-bond donors (Lipinski definition) is 1. The van der Waals surface area contributed by atoms with E-state index in [-0.39, 0.29) is 11.9 Å². The van der Waals surface area contributed by atoms with Crippen LogP contribution in [0.1, 0.15) is 38.3 Å². The molecule has 0 saturated carbocycles. The summed E-state index contributed by atoms with van der Waals surface area (Å²) >= 11 is 0. The Hall–Kier alpha value is -2.02. The second-order valence-corrected chi connectivity index (χ2v) is 6.42. The molecule has 2 aromatic rings. The number of aromatic amines is 1. The van der Waals surface area contributed by atoms with Crippen LogP contribution in [-0.2, 0) is 12.7 Å². The highest BCUT2D eigenvalue weighted by Gasteiger charge is 2.32. The Labute approximate surface area is 146 Å². The van der Waals surface area contributed by atoms with Crippen molar-refractivity contribution in [3.8, 4) is 17.0 Å². The zero-order valence-electron chi connectivity index (χ0n) is 14.9. The Kier molecular flexibility index (Phi) is 6.11. The highest BCUT2D eigenvalue weighted by atomic mass is 19.4. The van der Waals surface area contributed by atoms with Gasteiger partial charge in [0.25, 0.3) is 0 Å². The fourth-order valence-electron chi connectivity index (χ4n) is 2.68. The third kappa shape index (κ3) is 5.22. The normalized spacial score (nSPS) is 12.2. The Morgan fingerprint density at radius 1 is 1.24 bits per heavy atom. The van der Waals surface area contributed by atoms with Crippen LogP contribution in [-0.4, -0.2) is 34.8 Å². The maximum absolute atomic E-state index is 13.2. The van der Waals surface area contributed by atoms with Crippen LogP contribution in [0.4, 0.5) is 13.2 Å². The lowest BCUT2D eigenvalue weighted by atomic mass is 10.0. The first-order valence-corrected chi connectivity index (χ1v) is 8.30. The van der Waals surface area contributed by atoms with Crippen molar-refractivity contribution in [1.82, 2.24) is 15.1 Å². The van der Waals surface area contributed by atoms with Gasteiger partial charge >= 0.3 is 6.18 Å². The van der Waals surface area contributed by atoms with Crippen LogP contribution in [0.5, 0.6) is 5.75 Å². The van der Waals surface area contributed by atoms with Crippen LogP contribution in [0, 0.1) is 0 Å². The fraction of sp³-hybridized carbons (Fsp3) is 0.500. The number of H-pyrrole nitrogens is 1. The third-order valence-electron chi connectivity index (χ3n) is 3.66. The van der Waals surface area contributed by atoms with Gasteiger partial charge in [-0.3, -0.25) is 5.10 Å². The lowest BCUT2D eigenvalue weighted by Gasteiger charge is -2.17. The summed E-state index contributed by atoms with van der Waals surface area (Å²) in [6.07, 6.45) is -2.00. The van der Waals surface area contributed by atoms with Crippen molar-refractivity contribution in [2.45, 2.75) is 46.0 Å². The van der Waals surface area contributed by atoms with Gasteiger partial charge in [0, 0.05) is 17.7 Å². The van der Waals surface area contributed by atoms with E-state index in [4.69, 9.17) is 4.74 Å². The van der Waals surface area contributed by atoms with E-state index in [1.165, 1.54) is 0 Å². The van der Waals surface area contributed by atoms with E-state index in [0.717, 1.165) is 30.7 Å². The van der Waals surface area contributed by atoms with Crippen LogP contribution in [0.3, 0.4) is 0 Å². The van der Waals surface area contributed by atoms with Crippen molar-refractivity contribution in [2.75, 3.05) is 13.6 Å². The summed E-state index contributed by atoms with van der Waals surface area (Å²) in [6.45, 7) is 7.14. The molecule has 1 aromatic carbocycles. The van der Waals surface area contributed by atoms with E-state index in [2.05, 4.69) is 22.0 Å². The minimum Gasteiger partial charge on any atom is -0.491 e. The summed E-state index contributed by atoms with van der Waals surface area (Å²) in [5, 5.41) is 6.85. The Bertz CT molecular complexity index is 695. The lowest BCUT2D eigenvalue weighted by Crippen LogP contribution is -2.18. The van der Waals surface area contributed by atoms with Crippen molar-refractivity contribution in [3.63, 3.8) is 0 Å². The molecule has 0 amide bonds. The minimum atomic E-state index is -4.44. The van der Waals surface area contributed by atoms with Gasteiger partial charge in [-0.05, 0) is 52.1 Å². The highest BCUT2D eigenvalue weighted by Crippen LogP contribution is 2.36. The van der Waals surface area contributed by atoms with Gasteiger partial charge in [-0.15, -0.1) is 0 Å². The molecule has 25 heavy (non-hydrogen) atoms. The minimum absolute atomic E-state index is 0.197. The summed E-state index contributed by atoms with van der Waals surface area (Å²) < 4.78 is 45.2. The maximum Gasteiger partial charge on any atom is 0.416 e. The van der Waals surface area contributed by atoms with E-state index in [1.54, 1.807) is 26.1 Å². The van der Waals surface area contributed by atoms with E-state index < -0.39 is 11.7 Å². The first-order chi connectivity index (χ1) is 11.7. The predicted molar refractivity (Wildman–Crippen MR) is 91.4 cm³/mol. The van der Waals surface area contributed by atoms with Crippen molar-refractivity contribution >= 4 is 0 Å². The summed E-state index contributed by atoms with van der Waals surface area (Å²) in [5.74, 6) is 0.197. The summed E-state index contributed by atoms with van der Waals surface area (Å²) in [6, 6.07) is 3.78. The number of halogens is 3. The number of ether oxygens (including phenoxy) is 1. The number of benzene rings is 1. The average molecular weight is 355 g/mol. The van der Waals surface area contributed by atoms with Crippen molar-refractivity contribution < 1.29 is 17.9 Å². The van der Waals surface area contributed by atoms with Gasteiger partial charge in [0.1, 0.15) is 5.75 Å². The van der Waals surface area contributed by atoms with Gasteiger partial charge in [0.2, 0.25) is 0 Å². The summed E-state index contributed by atoms with van der Waals surface area (Å²) in [4.78, 5) is 2.10. The second-order valence-electron chi connectivity index (χ2n) is 6.42. The molecule has 1 N–H and O–H groups in total. The first-order valence-electron chi connectivity index (χ1n) is 8.30. The Morgan fingerprint density at radius 3 is 2.56 bits per heavy atom. The largest absolute Gasteiger partial charge is 0.491 e. The SMILES string of the molecule is CCCN(C)Cc1cn[nH]c1-c1cc(OC(C)C)cc(C(F)(F)F)c1. The average Bonchev–Trinajstić information content (AvgIpc) is 2.93. The van der Waals surface area contributed by atoms with Crippen LogP contribution in [0.2, 0.25) is 0 Å². The zero-order chi connectivity index (χ0) is 18.6. The molecule has 0 bridgehead atoms. The second kappa shape index (κ2) is 7.91. The van der Waals surface area contributed by atoms with E-state index in [1.807, 2.05) is 7.05 Å². The molecule has 138 valence electrons. The standard InChI is InChI=1S/C18H24F3N3O/c1-5-6-24(4)11-14-10-22-23-17(14)13-7-15(18(19,20)21)9-16(8-13)25-12(2)3/h7-10,12H,5-6,11H2,1-4H3,(H,22,23). The van der Waals surface area contributed by atoms with Crippen LogP contribution >= 0.6 is 0 Å². The quantitative estimate of drug-likeness (QED) is 0.781. The third-order valence-corrected chi connectivity index (χ3v) is 3.66. The highest BCUT2D eigenvalue weighted by molar-refractivity contribution is 5.66. The molecule has 0 spiro atoms. The molecule has 4 nitrogen and oxygen atoms in total. The molecular formula is C18H24F3N3O. The van der Waals surface area contributed by atoms with E-state index >= 15 is 0 Å². The van der Waals surface area contributed by atoms with Crippen molar-refractivity contribution in [2.24, 2.45) is 0 Å². The fourth-order valence-corrected chi connectivity index (χ4v) is 2.68. The topological polar surface area (TPSA) is 41.2 Å². The molecule has 0 unspecified atom stereocenters. The molecule has 2 rings (SSSR count). The molecule has 0 fully saturated rings. The van der Waals surface area contributed by atoms with Gasteiger partial charge in [-0.25, -0.2) is 0 Å². The number of rotatable bonds is 7. The number of aromatic nitrogens is 2. The van der Waals surface area contributed by atoms with Gasteiger partial charge in [0.05, 0.1) is 23.6 Å². The molecule has 1 aromatic heterocycles. The van der Waals surface area contributed by atoms with Crippen molar-refractivity contribution in [3.05, 3.63) is 35.5 Å². The molecule has 1 heterocycles. The molecule has 0 radical (unpaired) electrons. The van der Waals surface area contributed by atoms with Crippen LogP contribution < -0.4 is 4.74 Å². The first kappa shape index (κ1) is 19.3. The predicted octanol–water partition coefficient (Wildman–Crippen LogP) is 4.72. The summed E-state index contributed by atoms with van der Waals surface area (Å²) in [5.41, 5.74) is 1.12.